The smallest absolute Gasteiger partial charge is 0.177 e. The van der Waals surface area contributed by atoms with Gasteiger partial charge in [-0.2, -0.15) is 0 Å². The minimum Gasteiger partial charge on any atom is -0.385 e. The molecule has 0 aliphatic rings. The Kier molecular flexibility index (Phi) is 6.30. The van der Waals surface area contributed by atoms with Crippen molar-refractivity contribution >= 4 is 31.0 Å². The molecular formula is C18H24N2O4S2. The Morgan fingerprint density at radius 1 is 0.846 bits per heavy atom. The molecule has 0 bridgehead atoms. The highest BCUT2D eigenvalue weighted by Gasteiger charge is 2.17. The van der Waals surface area contributed by atoms with Gasteiger partial charge < -0.3 is 10.6 Å². The molecule has 26 heavy (non-hydrogen) atoms. The first-order valence-corrected chi connectivity index (χ1v) is 12.0. The monoisotopic (exact) mass is 396 g/mol. The summed E-state index contributed by atoms with van der Waals surface area (Å²) >= 11 is 0. The van der Waals surface area contributed by atoms with Gasteiger partial charge in [-0.05, 0) is 42.3 Å². The molecule has 2 aromatic carbocycles. The standard InChI is InChI=1S/C18H24N2O4S2/c1-4-11-19-15-7-5-14(6-8-15)13-20-17-10-9-16(25(2,21)22)12-18(17)26(3,23)24/h5-10,12,19-20H,4,11,13H2,1-3H3. The highest BCUT2D eigenvalue weighted by molar-refractivity contribution is 7.91. The lowest BCUT2D eigenvalue weighted by atomic mass is 10.2. The van der Waals surface area contributed by atoms with Crippen molar-refractivity contribution in [3.05, 3.63) is 48.0 Å². The van der Waals surface area contributed by atoms with Gasteiger partial charge in [-0.15, -0.1) is 0 Å². The van der Waals surface area contributed by atoms with Crippen LogP contribution in [0.4, 0.5) is 11.4 Å². The molecule has 0 spiro atoms. The molecule has 8 heteroatoms. The van der Waals surface area contributed by atoms with Gasteiger partial charge >= 0.3 is 0 Å². The van der Waals surface area contributed by atoms with Crippen LogP contribution in [0.1, 0.15) is 18.9 Å². The highest BCUT2D eigenvalue weighted by atomic mass is 32.2. The molecule has 142 valence electrons. The molecule has 2 rings (SSSR count). The maximum atomic E-state index is 12.0. The van der Waals surface area contributed by atoms with E-state index in [9.17, 15) is 16.8 Å². The Bertz CT molecular complexity index is 967. The van der Waals surface area contributed by atoms with Crippen LogP contribution in [0.3, 0.4) is 0 Å². The van der Waals surface area contributed by atoms with E-state index in [2.05, 4.69) is 17.6 Å². The first-order valence-electron chi connectivity index (χ1n) is 8.22. The second-order valence-corrected chi connectivity index (χ2v) is 10.2. The molecular weight excluding hydrogens is 372 g/mol. The van der Waals surface area contributed by atoms with E-state index in [0.717, 1.165) is 36.7 Å². The lowest BCUT2D eigenvalue weighted by molar-refractivity contribution is 0.600. The Hall–Kier alpha value is -2.06. The Morgan fingerprint density at radius 3 is 2.04 bits per heavy atom. The van der Waals surface area contributed by atoms with Crippen LogP contribution in [0.25, 0.3) is 0 Å². The third-order valence-electron chi connectivity index (χ3n) is 3.80. The zero-order valence-corrected chi connectivity index (χ0v) is 16.7. The molecule has 0 saturated carbocycles. The summed E-state index contributed by atoms with van der Waals surface area (Å²) in [6, 6.07) is 11.9. The van der Waals surface area contributed by atoms with Crippen LogP contribution in [0, 0.1) is 0 Å². The normalized spacial score (nSPS) is 12.0. The maximum Gasteiger partial charge on any atom is 0.177 e. The first kappa shape index (κ1) is 20.3. The van der Waals surface area contributed by atoms with Crippen molar-refractivity contribution < 1.29 is 16.8 Å². The molecule has 2 aromatic rings. The SMILES string of the molecule is CCCNc1ccc(CNc2ccc(S(C)(=O)=O)cc2S(C)(=O)=O)cc1. The minimum absolute atomic E-state index is 0.0187. The molecule has 0 atom stereocenters. The van der Waals surface area contributed by atoms with Crippen molar-refractivity contribution in [1.82, 2.24) is 0 Å². The quantitative estimate of drug-likeness (QED) is 0.713. The van der Waals surface area contributed by atoms with Crippen LogP contribution < -0.4 is 10.6 Å². The van der Waals surface area contributed by atoms with Crippen molar-refractivity contribution in [2.45, 2.75) is 29.7 Å². The zero-order chi connectivity index (χ0) is 19.4. The second kappa shape index (κ2) is 8.09. The summed E-state index contributed by atoms with van der Waals surface area (Å²) in [5.41, 5.74) is 2.40. The molecule has 0 fully saturated rings. The molecule has 0 unspecified atom stereocenters. The fourth-order valence-corrected chi connectivity index (χ4v) is 4.00. The third-order valence-corrected chi connectivity index (χ3v) is 6.04. The van der Waals surface area contributed by atoms with E-state index in [1.807, 2.05) is 24.3 Å². The van der Waals surface area contributed by atoms with Crippen molar-refractivity contribution in [3.63, 3.8) is 0 Å². The number of rotatable bonds is 8. The predicted molar refractivity (Wildman–Crippen MR) is 105 cm³/mol. The first-order chi connectivity index (χ1) is 12.1. The topological polar surface area (TPSA) is 92.3 Å². The third kappa shape index (κ3) is 5.47. The number of anilines is 2. The summed E-state index contributed by atoms with van der Waals surface area (Å²) in [6.45, 7) is 3.43. The van der Waals surface area contributed by atoms with Crippen LogP contribution >= 0.6 is 0 Å². The van der Waals surface area contributed by atoms with Gasteiger partial charge in [-0.25, -0.2) is 16.8 Å². The molecule has 0 amide bonds. The van der Waals surface area contributed by atoms with Crippen LogP contribution in [0.2, 0.25) is 0 Å². The maximum absolute atomic E-state index is 12.0. The lowest BCUT2D eigenvalue weighted by Gasteiger charge is -2.13. The van der Waals surface area contributed by atoms with Gasteiger partial charge in [-0.1, -0.05) is 19.1 Å². The van der Waals surface area contributed by atoms with Gasteiger partial charge in [0, 0.05) is 31.3 Å². The fraction of sp³-hybridized carbons (Fsp3) is 0.333. The van der Waals surface area contributed by atoms with Gasteiger partial charge in [0.15, 0.2) is 19.7 Å². The van der Waals surface area contributed by atoms with Crippen LogP contribution in [0.5, 0.6) is 0 Å². The van der Waals surface area contributed by atoms with Crippen molar-refractivity contribution in [1.29, 1.82) is 0 Å². The molecule has 6 nitrogen and oxygen atoms in total. The van der Waals surface area contributed by atoms with E-state index in [-0.39, 0.29) is 9.79 Å². The highest BCUT2D eigenvalue weighted by Crippen LogP contribution is 2.25. The van der Waals surface area contributed by atoms with Crippen LogP contribution in [0.15, 0.2) is 52.3 Å². The van der Waals surface area contributed by atoms with Crippen LogP contribution in [-0.4, -0.2) is 35.9 Å². The fourth-order valence-electron chi connectivity index (χ4n) is 2.39. The molecule has 2 N–H and O–H groups in total. The molecule has 0 heterocycles. The number of sulfone groups is 2. The summed E-state index contributed by atoms with van der Waals surface area (Å²) in [5.74, 6) is 0. The molecule has 0 saturated heterocycles. The Balaban J connectivity index is 2.21. The number of hydrogen-bond donors (Lipinski definition) is 2. The minimum atomic E-state index is -3.57. The summed E-state index contributed by atoms with van der Waals surface area (Å²) in [4.78, 5) is -0.0449. The van der Waals surface area contributed by atoms with Gasteiger partial charge in [0.2, 0.25) is 0 Å². The van der Waals surface area contributed by atoms with Gasteiger partial charge in [0.05, 0.1) is 15.5 Å². The van der Waals surface area contributed by atoms with E-state index in [1.54, 1.807) is 0 Å². The van der Waals surface area contributed by atoms with Crippen molar-refractivity contribution in [2.24, 2.45) is 0 Å². The number of benzene rings is 2. The van der Waals surface area contributed by atoms with E-state index < -0.39 is 19.7 Å². The average Bonchev–Trinajstić information content (AvgIpc) is 2.57. The largest absolute Gasteiger partial charge is 0.385 e. The number of nitrogens with one attached hydrogen (secondary N) is 2. The zero-order valence-electron chi connectivity index (χ0n) is 15.1. The van der Waals surface area contributed by atoms with Gasteiger partial charge in [0.1, 0.15) is 0 Å². The average molecular weight is 397 g/mol. The van der Waals surface area contributed by atoms with E-state index in [0.29, 0.717) is 12.2 Å². The van der Waals surface area contributed by atoms with E-state index >= 15 is 0 Å². The van der Waals surface area contributed by atoms with Gasteiger partial charge in [-0.3, -0.25) is 0 Å². The summed E-state index contributed by atoms with van der Waals surface area (Å²) < 4.78 is 47.5. The molecule has 0 aromatic heterocycles. The molecule has 0 aliphatic heterocycles. The lowest BCUT2D eigenvalue weighted by Crippen LogP contribution is -2.08. The molecule has 0 radical (unpaired) electrons. The summed E-state index contributed by atoms with van der Waals surface area (Å²) in [7, 11) is -7.06. The van der Waals surface area contributed by atoms with Crippen molar-refractivity contribution in [3.8, 4) is 0 Å². The van der Waals surface area contributed by atoms with Crippen molar-refractivity contribution in [2.75, 3.05) is 29.7 Å². The predicted octanol–water partition coefficient (Wildman–Crippen LogP) is 2.93. The Morgan fingerprint density at radius 2 is 1.50 bits per heavy atom. The van der Waals surface area contributed by atoms with E-state index in [4.69, 9.17) is 0 Å². The summed E-state index contributed by atoms with van der Waals surface area (Å²) in [6.07, 6.45) is 3.16. The van der Waals surface area contributed by atoms with Crippen LogP contribution in [-0.2, 0) is 26.2 Å². The van der Waals surface area contributed by atoms with E-state index in [1.165, 1.54) is 18.2 Å². The van der Waals surface area contributed by atoms with Gasteiger partial charge in [0.25, 0.3) is 0 Å². The molecule has 0 aliphatic carbocycles. The summed E-state index contributed by atoms with van der Waals surface area (Å²) in [5, 5.41) is 6.37. The Labute approximate surface area is 155 Å². The second-order valence-electron chi connectivity index (χ2n) is 6.18. The number of hydrogen-bond acceptors (Lipinski definition) is 6.